The van der Waals surface area contributed by atoms with Gasteiger partial charge in [0.1, 0.15) is 0 Å². The average Bonchev–Trinajstić information content (AvgIpc) is 3.04. The molecule has 0 amide bonds. The van der Waals surface area contributed by atoms with Crippen molar-refractivity contribution in [3.63, 3.8) is 0 Å². The molecule has 90 valence electrons. The highest BCUT2D eigenvalue weighted by atomic mass is 32.1. The lowest BCUT2D eigenvalue weighted by Crippen LogP contribution is -1.72. The SMILES string of the molecule is c1ccc2c3c(sc2c1)Cc1sc2ccccc2c1-3. The van der Waals surface area contributed by atoms with Crippen molar-refractivity contribution in [2.75, 3.05) is 0 Å². The van der Waals surface area contributed by atoms with Crippen LogP contribution in [-0.2, 0) is 6.42 Å². The Bertz CT molecular complexity index is 862. The summed E-state index contributed by atoms with van der Waals surface area (Å²) in [5.74, 6) is 0. The molecule has 0 unspecified atom stereocenters. The maximum absolute atomic E-state index is 2.27. The lowest BCUT2D eigenvalue weighted by Gasteiger charge is -1.97. The molecule has 2 heterocycles. The van der Waals surface area contributed by atoms with Crippen LogP contribution in [0.2, 0.25) is 0 Å². The van der Waals surface area contributed by atoms with Gasteiger partial charge in [-0.2, -0.15) is 0 Å². The predicted octanol–water partition coefficient (Wildman–Crippen LogP) is 5.69. The second-order valence-electron chi connectivity index (χ2n) is 4.97. The van der Waals surface area contributed by atoms with E-state index in [1.54, 1.807) is 9.75 Å². The number of hydrogen-bond donors (Lipinski definition) is 0. The number of rotatable bonds is 0. The van der Waals surface area contributed by atoms with Crippen LogP contribution in [0.15, 0.2) is 48.5 Å². The van der Waals surface area contributed by atoms with Crippen molar-refractivity contribution < 1.29 is 0 Å². The minimum Gasteiger partial charge on any atom is -0.139 e. The molecule has 1 aliphatic rings. The third-order valence-electron chi connectivity index (χ3n) is 3.91. The first-order valence-electron chi connectivity index (χ1n) is 6.43. The highest BCUT2D eigenvalue weighted by molar-refractivity contribution is 7.22. The summed E-state index contributed by atoms with van der Waals surface area (Å²) in [7, 11) is 0. The average molecular weight is 278 g/mol. The van der Waals surface area contributed by atoms with E-state index in [1.165, 1.54) is 31.3 Å². The summed E-state index contributed by atoms with van der Waals surface area (Å²) in [5.41, 5.74) is 3.01. The van der Waals surface area contributed by atoms with E-state index >= 15 is 0 Å². The molecule has 0 fully saturated rings. The Kier molecular flexibility index (Phi) is 1.86. The molecule has 0 bridgehead atoms. The molecule has 0 radical (unpaired) electrons. The predicted molar refractivity (Wildman–Crippen MR) is 85.5 cm³/mol. The van der Waals surface area contributed by atoms with Crippen LogP contribution in [0.25, 0.3) is 31.3 Å². The smallest absolute Gasteiger partial charge is 0.0352 e. The van der Waals surface area contributed by atoms with E-state index in [-0.39, 0.29) is 0 Å². The van der Waals surface area contributed by atoms with Gasteiger partial charge < -0.3 is 0 Å². The quantitative estimate of drug-likeness (QED) is 0.341. The monoisotopic (exact) mass is 278 g/mol. The van der Waals surface area contributed by atoms with Crippen LogP contribution in [0.1, 0.15) is 9.75 Å². The maximum Gasteiger partial charge on any atom is 0.0352 e. The molecule has 5 rings (SSSR count). The Balaban J connectivity index is 1.98. The van der Waals surface area contributed by atoms with E-state index in [1.807, 2.05) is 22.7 Å². The van der Waals surface area contributed by atoms with Crippen molar-refractivity contribution in [1.82, 2.24) is 0 Å². The van der Waals surface area contributed by atoms with Gasteiger partial charge in [0.2, 0.25) is 0 Å². The van der Waals surface area contributed by atoms with E-state index in [0.29, 0.717) is 0 Å². The van der Waals surface area contributed by atoms with Crippen LogP contribution in [0, 0.1) is 0 Å². The lowest BCUT2D eigenvalue weighted by atomic mass is 10.0. The van der Waals surface area contributed by atoms with Crippen LogP contribution >= 0.6 is 22.7 Å². The normalized spacial score (nSPS) is 13.1. The van der Waals surface area contributed by atoms with Crippen LogP contribution < -0.4 is 0 Å². The van der Waals surface area contributed by atoms with E-state index < -0.39 is 0 Å². The topological polar surface area (TPSA) is 0 Å². The summed E-state index contributed by atoms with van der Waals surface area (Å²) in [6.07, 6.45) is 1.13. The Labute approximate surface area is 118 Å². The number of benzene rings is 2. The minimum atomic E-state index is 1.13. The van der Waals surface area contributed by atoms with Crippen LogP contribution in [0.5, 0.6) is 0 Å². The molecule has 0 saturated carbocycles. The molecule has 2 heteroatoms. The minimum absolute atomic E-state index is 1.13. The van der Waals surface area contributed by atoms with Gasteiger partial charge in [-0.3, -0.25) is 0 Å². The Morgan fingerprint density at radius 1 is 0.632 bits per heavy atom. The van der Waals surface area contributed by atoms with Gasteiger partial charge in [-0.15, -0.1) is 22.7 Å². The van der Waals surface area contributed by atoms with Crippen molar-refractivity contribution >= 4 is 42.8 Å². The van der Waals surface area contributed by atoms with E-state index in [2.05, 4.69) is 48.5 Å². The van der Waals surface area contributed by atoms with Crippen LogP contribution in [0.4, 0.5) is 0 Å². The molecule has 0 saturated heterocycles. The Morgan fingerprint density at radius 3 is 1.63 bits per heavy atom. The first-order valence-corrected chi connectivity index (χ1v) is 8.06. The number of hydrogen-bond acceptors (Lipinski definition) is 2. The summed E-state index contributed by atoms with van der Waals surface area (Å²) in [4.78, 5) is 3.10. The molecule has 19 heavy (non-hydrogen) atoms. The fourth-order valence-electron chi connectivity index (χ4n) is 3.14. The van der Waals surface area contributed by atoms with Gasteiger partial charge in [0, 0.05) is 47.5 Å². The first kappa shape index (κ1) is 10.2. The lowest BCUT2D eigenvalue weighted by molar-refractivity contribution is 1.38. The first-order chi connectivity index (χ1) is 9.42. The number of fused-ring (bicyclic) bond motifs is 7. The molecule has 2 aromatic carbocycles. The largest absolute Gasteiger partial charge is 0.139 e. The summed E-state index contributed by atoms with van der Waals surface area (Å²) in [5, 5.41) is 2.87. The standard InChI is InChI=1S/C17H10S2/c1-3-7-12-10(5-1)16-14(18-12)9-15-17(16)11-6-2-4-8-13(11)19-15/h1-8H,9H2. The highest BCUT2D eigenvalue weighted by Gasteiger charge is 2.27. The zero-order valence-electron chi connectivity index (χ0n) is 10.1. The molecule has 2 aromatic heterocycles. The molecule has 4 aromatic rings. The Morgan fingerprint density at radius 2 is 1.11 bits per heavy atom. The van der Waals surface area contributed by atoms with Gasteiger partial charge in [-0.1, -0.05) is 36.4 Å². The van der Waals surface area contributed by atoms with E-state index in [0.717, 1.165) is 6.42 Å². The summed E-state index contributed by atoms with van der Waals surface area (Å²) >= 11 is 3.93. The van der Waals surface area contributed by atoms with Gasteiger partial charge in [0.05, 0.1) is 0 Å². The molecule has 1 aliphatic carbocycles. The summed E-state index contributed by atoms with van der Waals surface area (Å²) in [6.45, 7) is 0. The molecule has 0 nitrogen and oxygen atoms in total. The van der Waals surface area contributed by atoms with Gasteiger partial charge in [-0.25, -0.2) is 0 Å². The Hall–Kier alpha value is -1.64. The second-order valence-corrected chi connectivity index (χ2v) is 7.24. The third-order valence-corrected chi connectivity index (χ3v) is 6.25. The summed E-state index contributed by atoms with van der Waals surface area (Å²) in [6, 6.07) is 17.6. The molecular weight excluding hydrogens is 268 g/mol. The third kappa shape index (κ3) is 1.23. The zero-order chi connectivity index (χ0) is 12.4. The molecule has 0 atom stereocenters. The molecular formula is C17H10S2. The van der Waals surface area contributed by atoms with Gasteiger partial charge >= 0.3 is 0 Å². The van der Waals surface area contributed by atoms with Gasteiger partial charge in [-0.05, 0) is 12.1 Å². The van der Waals surface area contributed by atoms with Crippen molar-refractivity contribution in [1.29, 1.82) is 0 Å². The van der Waals surface area contributed by atoms with Crippen LogP contribution in [0.3, 0.4) is 0 Å². The summed E-state index contributed by atoms with van der Waals surface area (Å²) < 4.78 is 2.85. The molecule has 0 N–H and O–H groups in total. The van der Waals surface area contributed by atoms with Gasteiger partial charge in [0.25, 0.3) is 0 Å². The van der Waals surface area contributed by atoms with E-state index in [4.69, 9.17) is 0 Å². The zero-order valence-corrected chi connectivity index (χ0v) is 11.8. The van der Waals surface area contributed by atoms with Crippen molar-refractivity contribution in [3.8, 4) is 11.1 Å². The van der Waals surface area contributed by atoms with E-state index in [9.17, 15) is 0 Å². The highest BCUT2D eigenvalue weighted by Crippen LogP contribution is 2.52. The van der Waals surface area contributed by atoms with Crippen molar-refractivity contribution in [2.24, 2.45) is 0 Å². The van der Waals surface area contributed by atoms with Crippen LogP contribution in [-0.4, -0.2) is 0 Å². The van der Waals surface area contributed by atoms with Crippen molar-refractivity contribution in [2.45, 2.75) is 6.42 Å². The second kappa shape index (κ2) is 3.47. The molecule has 0 aliphatic heterocycles. The van der Waals surface area contributed by atoms with Crippen molar-refractivity contribution in [3.05, 3.63) is 58.3 Å². The fraction of sp³-hybridized carbons (Fsp3) is 0.0588. The number of thiophene rings is 2. The van der Waals surface area contributed by atoms with Gasteiger partial charge in [0.15, 0.2) is 0 Å². The molecule has 0 spiro atoms. The fourth-order valence-corrected chi connectivity index (χ4v) is 5.67. The maximum atomic E-state index is 2.27.